The van der Waals surface area contributed by atoms with E-state index in [1.165, 1.54) is 0 Å². The molecule has 0 bridgehead atoms. The van der Waals surface area contributed by atoms with Crippen LogP contribution in [-0.2, 0) is 9.59 Å². The van der Waals surface area contributed by atoms with Crippen LogP contribution in [0.15, 0.2) is 33.7 Å². The van der Waals surface area contributed by atoms with Crippen molar-refractivity contribution in [2.45, 2.75) is 64.0 Å². The number of nitrogens with zero attached hydrogens (tertiary/aromatic N) is 3. The number of amides is 2. The number of guanidine groups is 1. The normalized spacial score (nSPS) is 19.9. The number of nitrogens with one attached hydrogen (secondary N) is 3. The van der Waals surface area contributed by atoms with Gasteiger partial charge in [-0.15, -0.1) is 0 Å². The summed E-state index contributed by atoms with van der Waals surface area (Å²) in [5.41, 5.74) is 1.49. The first kappa shape index (κ1) is 22.6. The molecule has 33 heavy (non-hydrogen) atoms. The lowest BCUT2D eigenvalue weighted by atomic mass is 10.1. The Kier molecular flexibility index (Phi) is 7.13. The predicted octanol–water partition coefficient (Wildman–Crippen LogP) is 3.02. The Morgan fingerprint density at radius 1 is 1.21 bits per heavy atom. The van der Waals surface area contributed by atoms with E-state index in [0.29, 0.717) is 13.0 Å². The Balaban J connectivity index is 1.46. The molecule has 0 spiro atoms. The highest BCUT2D eigenvalue weighted by molar-refractivity contribution is 5.98. The standard InChI is InChI=1S/C24H30N6O3/c1-16-12-17-13-19(9-10-21(17)33-16)28-24(26-15-25)29-20-8-4-5-11-30(23(20)32)14-22(31)27-18-6-2-3-7-18/h9-10,12-13,18,20H,2-8,11,14H2,1H3,(H,27,31)(H2,26,28,29). The number of carbonyl (C=O) groups excluding carboxylic acids is 2. The average molecular weight is 451 g/mol. The molecule has 2 fully saturated rings. The van der Waals surface area contributed by atoms with Crippen molar-refractivity contribution in [1.29, 1.82) is 5.26 Å². The summed E-state index contributed by atoms with van der Waals surface area (Å²) in [4.78, 5) is 31.8. The Bertz CT molecular complexity index is 1080. The number of benzene rings is 1. The molecule has 9 nitrogen and oxygen atoms in total. The van der Waals surface area contributed by atoms with E-state index in [4.69, 9.17) is 4.42 Å². The minimum absolute atomic E-state index is 0.0479. The van der Waals surface area contributed by atoms with E-state index in [0.717, 1.165) is 60.9 Å². The van der Waals surface area contributed by atoms with Gasteiger partial charge in [0.15, 0.2) is 6.19 Å². The molecule has 1 aliphatic carbocycles. The summed E-state index contributed by atoms with van der Waals surface area (Å²) in [6, 6.07) is 7.06. The van der Waals surface area contributed by atoms with Gasteiger partial charge in [-0.25, -0.2) is 4.99 Å². The predicted molar refractivity (Wildman–Crippen MR) is 125 cm³/mol. The SMILES string of the molecule is Cc1cc2cc(NC(=NC3CCCCN(CC(=O)NC4CCCC4)C3=O)NC#N)ccc2o1. The summed E-state index contributed by atoms with van der Waals surface area (Å²) in [6.45, 7) is 2.47. The van der Waals surface area contributed by atoms with E-state index in [9.17, 15) is 14.9 Å². The monoisotopic (exact) mass is 450 g/mol. The largest absolute Gasteiger partial charge is 0.461 e. The van der Waals surface area contributed by atoms with Gasteiger partial charge >= 0.3 is 0 Å². The molecule has 1 atom stereocenters. The number of hydrogen-bond acceptors (Lipinski definition) is 5. The lowest BCUT2D eigenvalue weighted by Crippen LogP contribution is -2.46. The van der Waals surface area contributed by atoms with Crippen LogP contribution in [0.25, 0.3) is 11.0 Å². The third-order valence-corrected chi connectivity index (χ3v) is 6.17. The Labute approximate surface area is 193 Å². The van der Waals surface area contributed by atoms with Crippen LogP contribution in [0, 0.1) is 18.4 Å². The molecule has 9 heteroatoms. The lowest BCUT2D eigenvalue weighted by Gasteiger charge is -2.23. The fraction of sp³-hybridized carbons (Fsp3) is 0.500. The average Bonchev–Trinajstić information content (AvgIpc) is 3.38. The summed E-state index contributed by atoms with van der Waals surface area (Å²) < 4.78 is 5.60. The molecule has 2 aromatic rings. The van der Waals surface area contributed by atoms with Crippen molar-refractivity contribution in [1.82, 2.24) is 15.5 Å². The zero-order chi connectivity index (χ0) is 23.2. The molecule has 1 saturated carbocycles. The molecule has 4 rings (SSSR count). The number of fused-ring (bicyclic) bond motifs is 1. The quantitative estimate of drug-likeness (QED) is 0.279. The van der Waals surface area contributed by atoms with Gasteiger partial charge in [-0.2, -0.15) is 5.26 Å². The maximum absolute atomic E-state index is 13.2. The van der Waals surface area contributed by atoms with Gasteiger partial charge in [0.05, 0.1) is 6.54 Å². The summed E-state index contributed by atoms with van der Waals surface area (Å²) in [6.07, 6.45) is 8.38. The van der Waals surface area contributed by atoms with Crippen LogP contribution < -0.4 is 16.0 Å². The third-order valence-electron chi connectivity index (χ3n) is 6.17. The molecule has 174 valence electrons. The number of hydrogen-bond donors (Lipinski definition) is 3. The van der Waals surface area contributed by atoms with Crippen LogP contribution in [-0.4, -0.2) is 47.8 Å². The number of aryl methyl sites for hydroxylation is 1. The molecule has 2 heterocycles. The summed E-state index contributed by atoms with van der Waals surface area (Å²) >= 11 is 0. The molecule has 2 aliphatic rings. The molecule has 1 saturated heterocycles. The minimum Gasteiger partial charge on any atom is -0.461 e. The first-order chi connectivity index (χ1) is 16.0. The van der Waals surface area contributed by atoms with Crippen molar-refractivity contribution in [3.63, 3.8) is 0 Å². The van der Waals surface area contributed by atoms with Crippen LogP contribution >= 0.6 is 0 Å². The number of likely N-dealkylation sites (tertiary alicyclic amines) is 1. The number of anilines is 1. The molecular formula is C24H30N6O3. The van der Waals surface area contributed by atoms with Gasteiger partial charge in [-0.05, 0) is 63.3 Å². The highest BCUT2D eigenvalue weighted by Gasteiger charge is 2.29. The van der Waals surface area contributed by atoms with Gasteiger partial charge in [-0.3, -0.25) is 14.9 Å². The third kappa shape index (κ3) is 5.83. The second-order valence-electron chi connectivity index (χ2n) is 8.77. The smallest absolute Gasteiger partial charge is 0.247 e. The molecular weight excluding hydrogens is 420 g/mol. The first-order valence-corrected chi connectivity index (χ1v) is 11.6. The Morgan fingerprint density at radius 3 is 2.79 bits per heavy atom. The number of carbonyl (C=O) groups is 2. The number of rotatable bonds is 5. The highest BCUT2D eigenvalue weighted by Crippen LogP contribution is 2.23. The second-order valence-corrected chi connectivity index (χ2v) is 8.77. The fourth-order valence-corrected chi connectivity index (χ4v) is 4.57. The van der Waals surface area contributed by atoms with Crippen LogP contribution in [0.2, 0.25) is 0 Å². The summed E-state index contributed by atoms with van der Waals surface area (Å²) in [7, 11) is 0. The zero-order valence-corrected chi connectivity index (χ0v) is 18.9. The van der Waals surface area contributed by atoms with Crippen molar-refractivity contribution < 1.29 is 14.0 Å². The van der Waals surface area contributed by atoms with Crippen molar-refractivity contribution in [3.05, 3.63) is 30.0 Å². The number of aliphatic imine (C=N–C) groups is 1. The minimum atomic E-state index is -0.657. The Morgan fingerprint density at radius 2 is 2.00 bits per heavy atom. The maximum Gasteiger partial charge on any atom is 0.247 e. The van der Waals surface area contributed by atoms with Gasteiger partial charge in [0.25, 0.3) is 0 Å². The van der Waals surface area contributed by atoms with Crippen molar-refractivity contribution in [2.24, 2.45) is 4.99 Å². The van der Waals surface area contributed by atoms with Crippen LogP contribution in [0.4, 0.5) is 5.69 Å². The van der Waals surface area contributed by atoms with Crippen LogP contribution in [0.5, 0.6) is 0 Å². The van der Waals surface area contributed by atoms with Crippen molar-refractivity contribution in [2.75, 3.05) is 18.4 Å². The molecule has 1 aromatic carbocycles. The van der Waals surface area contributed by atoms with Gasteiger partial charge in [0.2, 0.25) is 17.8 Å². The highest BCUT2D eigenvalue weighted by atomic mass is 16.3. The van der Waals surface area contributed by atoms with E-state index in [1.807, 2.05) is 37.4 Å². The second kappa shape index (κ2) is 10.4. The topological polar surface area (TPSA) is 123 Å². The number of furan rings is 1. The summed E-state index contributed by atoms with van der Waals surface area (Å²) in [5.74, 6) is 0.714. The molecule has 1 aromatic heterocycles. The van der Waals surface area contributed by atoms with Gasteiger partial charge in [0.1, 0.15) is 17.4 Å². The molecule has 3 N–H and O–H groups in total. The lowest BCUT2D eigenvalue weighted by molar-refractivity contribution is -0.136. The molecule has 1 aliphatic heterocycles. The molecule has 0 radical (unpaired) electrons. The van der Waals surface area contributed by atoms with Gasteiger partial charge in [0, 0.05) is 23.7 Å². The van der Waals surface area contributed by atoms with Gasteiger partial charge < -0.3 is 20.0 Å². The van der Waals surface area contributed by atoms with E-state index in [2.05, 4.69) is 20.9 Å². The zero-order valence-electron chi connectivity index (χ0n) is 18.9. The van der Waals surface area contributed by atoms with E-state index >= 15 is 0 Å². The van der Waals surface area contributed by atoms with Crippen molar-refractivity contribution >= 4 is 34.4 Å². The van der Waals surface area contributed by atoms with Gasteiger partial charge in [-0.1, -0.05) is 12.8 Å². The van der Waals surface area contributed by atoms with Crippen LogP contribution in [0.1, 0.15) is 50.7 Å². The Hall–Kier alpha value is -3.54. The number of nitriles is 1. The van der Waals surface area contributed by atoms with E-state index in [-0.39, 0.29) is 30.4 Å². The molecule has 2 amide bonds. The first-order valence-electron chi connectivity index (χ1n) is 11.6. The fourth-order valence-electron chi connectivity index (χ4n) is 4.57. The maximum atomic E-state index is 13.2. The summed E-state index contributed by atoms with van der Waals surface area (Å²) in [5, 5.41) is 18.8. The molecule has 1 unspecified atom stereocenters. The van der Waals surface area contributed by atoms with Crippen molar-refractivity contribution in [3.8, 4) is 6.19 Å². The van der Waals surface area contributed by atoms with Crippen LogP contribution in [0.3, 0.4) is 0 Å². The van der Waals surface area contributed by atoms with E-state index < -0.39 is 6.04 Å². The van der Waals surface area contributed by atoms with E-state index in [1.54, 1.807) is 4.90 Å².